The zero-order valence-electron chi connectivity index (χ0n) is 23.5. The number of primary amides is 1. The van der Waals surface area contributed by atoms with Crippen molar-refractivity contribution in [3.05, 3.63) is 51.2 Å². The van der Waals surface area contributed by atoms with Gasteiger partial charge in [-0.25, -0.2) is 4.39 Å². The Bertz CT molecular complexity index is 1340. The molecule has 0 spiro atoms. The van der Waals surface area contributed by atoms with Gasteiger partial charge >= 0.3 is 0 Å². The molecule has 0 heterocycles. The van der Waals surface area contributed by atoms with Crippen LogP contribution >= 0.6 is 0 Å². The van der Waals surface area contributed by atoms with E-state index in [-0.39, 0.29) is 41.6 Å². The lowest BCUT2D eigenvalue weighted by molar-refractivity contribution is -0.148. The van der Waals surface area contributed by atoms with E-state index in [4.69, 9.17) is 5.73 Å². The van der Waals surface area contributed by atoms with Crippen LogP contribution in [-0.4, -0.2) is 86.5 Å². The smallest absolute Gasteiger partial charge is 0.255 e. The summed E-state index contributed by atoms with van der Waals surface area (Å²) in [5, 5.41) is 44.7. The Hall–Kier alpha value is -3.28. The first-order chi connectivity index (χ1) is 18.7. The Balaban J connectivity index is 1.84. The van der Waals surface area contributed by atoms with Crippen LogP contribution in [0.2, 0.25) is 0 Å². The Morgan fingerprint density at radius 3 is 2.42 bits per heavy atom. The van der Waals surface area contributed by atoms with Crippen molar-refractivity contribution in [2.24, 2.45) is 23.5 Å². The molecule has 3 aliphatic carbocycles. The third-order valence-corrected chi connectivity index (χ3v) is 8.29. The summed E-state index contributed by atoms with van der Waals surface area (Å²) in [4.78, 5) is 42.7. The Labute approximate surface area is 232 Å². The van der Waals surface area contributed by atoms with Crippen molar-refractivity contribution in [2.45, 2.75) is 58.2 Å². The lowest BCUT2D eigenvalue weighted by Gasteiger charge is -2.50. The molecule has 4 rings (SSSR count). The van der Waals surface area contributed by atoms with Crippen LogP contribution in [0.5, 0.6) is 5.75 Å². The number of Topliss-reactive ketones (excluding diaryl/α,β-unsaturated/α-hetero) is 2. The number of ketones is 2. The number of halogens is 1. The molecule has 0 saturated carbocycles. The second-order valence-corrected chi connectivity index (χ2v) is 11.8. The van der Waals surface area contributed by atoms with E-state index in [1.54, 1.807) is 14.1 Å². The molecule has 0 fully saturated rings. The highest BCUT2D eigenvalue weighted by Crippen LogP contribution is 2.52. The molecule has 3 aliphatic rings. The summed E-state index contributed by atoms with van der Waals surface area (Å²) < 4.78 is 16.0. The molecular formula is C29H38FN3O7. The molecule has 40 heavy (non-hydrogen) atoms. The number of carbonyl (C=O) groups is 3. The van der Waals surface area contributed by atoms with Gasteiger partial charge in [0.05, 0.1) is 11.6 Å². The number of rotatable bonds is 8. The van der Waals surface area contributed by atoms with E-state index >= 15 is 4.39 Å². The number of hydrogen-bond donors (Lipinski definition) is 5. The van der Waals surface area contributed by atoms with Gasteiger partial charge in [-0.3, -0.25) is 24.2 Å². The van der Waals surface area contributed by atoms with E-state index in [9.17, 15) is 34.8 Å². The fourth-order valence-corrected chi connectivity index (χ4v) is 6.78. The van der Waals surface area contributed by atoms with E-state index in [2.05, 4.69) is 18.7 Å². The van der Waals surface area contributed by atoms with Gasteiger partial charge in [-0.1, -0.05) is 20.8 Å². The van der Waals surface area contributed by atoms with Gasteiger partial charge in [-0.05, 0) is 57.8 Å². The van der Waals surface area contributed by atoms with Crippen LogP contribution in [0.25, 0.3) is 0 Å². The Morgan fingerprint density at radius 1 is 1.23 bits per heavy atom. The maximum atomic E-state index is 16.0. The SMILES string of the molecule is CCCN(Cc1cc(O)c2c(c1F)C[C@H]1C[C@H]3[C@H](N(C)C)C(O)=C(C(N)=O)C(=O)[C@@]3(O)C(O)=C1C2=O)CC(C)C. The highest BCUT2D eigenvalue weighted by molar-refractivity contribution is 6.24. The number of aliphatic hydroxyl groups is 3. The van der Waals surface area contributed by atoms with E-state index in [1.165, 1.54) is 11.0 Å². The number of nitrogens with zero attached hydrogens (tertiary/aromatic N) is 2. The van der Waals surface area contributed by atoms with Gasteiger partial charge in [0, 0.05) is 35.7 Å². The molecule has 0 radical (unpaired) electrons. The number of likely N-dealkylation sites (N-methyl/N-ethyl adjacent to an activating group) is 1. The van der Waals surface area contributed by atoms with Gasteiger partial charge in [-0.2, -0.15) is 0 Å². The maximum Gasteiger partial charge on any atom is 0.255 e. The topological polar surface area (TPSA) is 165 Å². The number of aromatic hydroxyl groups is 1. The van der Waals surface area contributed by atoms with Gasteiger partial charge < -0.3 is 26.2 Å². The van der Waals surface area contributed by atoms with Gasteiger partial charge in [0.2, 0.25) is 5.78 Å². The Kier molecular flexibility index (Phi) is 7.87. The number of nitrogens with two attached hydrogens (primary N) is 1. The molecule has 0 aliphatic heterocycles. The van der Waals surface area contributed by atoms with E-state index in [0.29, 0.717) is 5.92 Å². The summed E-state index contributed by atoms with van der Waals surface area (Å²) in [6.07, 6.45) is 0.680. The molecular weight excluding hydrogens is 521 g/mol. The number of carbonyl (C=O) groups excluding carboxylic acids is 3. The number of aliphatic hydroxyl groups excluding tert-OH is 2. The molecule has 10 nitrogen and oxygen atoms in total. The number of fused-ring (bicyclic) bond motifs is 3. The third kappa shape index (κ3) is 4.49. The minimum atomic E-state index is -2.73. The molecule has 11 heteroatoms. The predicted octanol–water partition coefficient (Wildman–Crippen LogP) is 2.13. The van der Waals surface area contributed by atoms with Gasteiger partial charge in [0.15, 0.2) is 11.4 Å². The third-order valence-electron chi connectivity index (χ3n) is 8.29. The van der Waals surface area contributed by atoms with Crippen molar-refractivity contribution in [1.82, 2.24) is 9.80 Å². The van der Waals surface area contributed by atoms with Gasteiger partial charge in [0.25, 0.3) is 5.91 Å². The number of amides is 1. The van der Waals surface area contributed by atoms with Crippen LogP contribution in [0.3, 0.4) is 0 Å². The van der Waals surface area contributed by atoms with E-state index in [1.807, 2.05) is 6.92 Å². The van der Waals surface area contributed by atoms with Crippen LogP contribution in [0.15, 0.2) is 28.7 Å². The number of phenolic OH excluding ortho intramolecular Hbond substituents is 1. The second-order valence-electron chi connectivity index (χ2n) is 11.8. The highest BCUT2D eigenvalue weighted by Gasteiger charge is 2.63. The molecule has 0 aromatic heterocycles. The van der Waals surface area contributed by atoms with Crippen molar-refractivity contribution in [3.63, 3.8) is 0 Å². The average molecular weight is 560 g/mol. The highest BCUT2D eigenvalue weighted by atomic mass is 19.1. The molecule has 1 amide bonds. The normalized spacial score (nSPS) is 26.5. The number of phenols is 1. The molecule has 0 bridgehead atoms. The van der Waals surface area contributed by atoms with E-state index < -0.39 is 69.6 Å². The zero-order valence-corrected chi connectivity index (χ0v) is 23.5. The first-order valence-electron chi connectivity index (χ1n) is 13.6. The molecule has 0 unspecified atom stereocenters. The summed E-state index contributed by atoms with van der Waals surface area (Å²) in [6, 6.07) is 0.112. The molecule has 1 aromatic rings. The fraction of sp³-hybridized carbons (Fsp3) is 0.552. The minimum Gasteiger partial charge on any atom is -0.510 e. The standard InChI is InChI=1S/C29H38FN3O7/c1-6-7-33(11-13(2)3)12-15-10-18(34)20-16(22(15)30)8-14-9-17-23(32(4)5)25(36)21(28(31)39)27(38)29(17,40)26(37)19(14)24(20)35/h10,13-14,17,23,34,36-37,40H,6-9,11-12H2,1-5H3,(H2,31,39)/t14-,17-,23-,29-/m0/s1. The molecule has 6 N–H and O–H groups in total. The first-order valence-corrected chi connectivity index (χ1v) is 13.6. The number of hydrogen-bond acceptors (Lipinski definition) is 9. The number of allylic oxidation sites excluding steroid dienone is 1. The predicted molar refractivity (Wildman–Crippen MR) is 144 cm³/mol. The van der Waals surface area contributed by atoms with Crippen LogP contribution in [-0.2, 0) is 22.6 Å². The van der Waals surface area contributed by atoms with Crippen molar-refractivity contribution >= 4 is 17.5 Å². The monoisotopic (exact) mass is 559 g/mol. The fourth-order valence-electron chi connectivity index (χ4n) is 6.78. The largest absolute Gasteiger partial charge is 0.510 e. The van der Waals surface area contributed by atoms with Crippen molar-refractivity contribution < 1.29 is 39.2 Å². The molecule has 1 aromatic carbocycles. The Morgan fingerprint density at radius 2 is 1.88 bits per heavy atom. The summed E-state index contributed by atoms with van der Waals surface area (Å²) in [6.45, 7) is 7.82. The summed E-state index contributed by atoms with van der Waals surface area (Å²) in [5.41, 5.74) is 1.36. The summed E-state index contributed by atoms with van der Waals surface area (Å²) >= 11 is 0. The zero-order chi connectivity index (χ0) is 29.8. The van der Waals surface area contributed by atoms with E-state index in [0.717, 1.165) is 19.5 Å². The van der Waals surface area contributed by atoms with Crippen LogP contribution in [0, 0.1) is 23.6 Å². The average Bonchev–Trinajstić information content (AvgIpc) is 2.83. The quantitative estimate of drug-likeness (QED) is 0.300. The minimum absolute atomic E-state index is 0.00844. The van der Waals surface area contributed by atoms with Crippen molar-refractivity contribution in [2.75, 3.05) is 27.2 Å². The van der Waals surface area contributed by atoms with Crippen LogP contribution in [0.4, 0.5) is 4.39 Å². The van der Waals surface area contributed by atoms with Gasteiger partial charge in [-0.15, -0.1) is 0 Å². The summed E-state index contributed by atoms with van der Waals surface area (Å²) in [7, 11) is 3.10. The van der Waals surface area contributed by atoms with Crippen molar-refractivity contribution in [1.29, 1.82) is 0 Å². The molecule has 4 atom stereocenters. The van der Waals surface area contributed by atoms with Crippen LogP contribution < -0.4 is 5.73 Å². The summed E-state index contributed by atoms with van der Waals surface area (Å²) in [5.74, 6) is -7.84. The van der Waals surface area contributed by atoms with Gasteiger partial charge in [0.1, 0.15) is 28.7 Å². The first kappa shape index (κ1) is 29.7. The van der Waals surface area contributed by atoms with Crippen molar-refractivity contribution in [3.8, 4) is 5.75 Å². The lowest BCUT2D eigenvalue weighted by atomic mass is 9.58. The van der Waals surface area contributed by atoms with Crippen LogP contribution in [0.1, 0.15) is 55.1 Å². The lowest BCUT2D eigenvalue weighted by Crippen LogP contribution is -2.63. The number of benzene rings is 1. The second kappa shape index (κ2) is 10.6. The molecule has 218 valence electrons. The maximum absolute atomic E-state index is 16.0. The molecule has 0 saturated heterocycles.